The molecule has 0 saturated carbocycles. The summed E-state index contributed by atoms with van der Waals surface area (Å²) in [6.07, 6.45) is 0.186. The molecule has 0 spiro atoms. The summed E-state index contributed by atoms with van der Waals surface area (Å²) < 4.78 is 18.4. The van der Waals surface area contributed by atoms with Gasteiger partial charge in [0.25, 0.3) is 5.91 Å². The Kier molecular flexibility index (Phi) is 4.67. The molecule has 7 heteroatoms. The summed E-state index contributed by atoms with van der Waals surface area (Å²) in [4.78, 5) is 24.7. The van der Waals surface area contributed by atoms with Gasteiger partial charge < -0.3 is 14.7 Å². The second-order valence-corrected chi connectivity index (χ2v) is 5.27. The van der Waals surface area contributed by atoms with Crippen molar-refractivity contribution in [3.05, 3.63) is 29.0 Å². The maximum absolute atomic E-state index is 12.9. The number of amides is 1. The molecule has 0 unspecified atom stereocenters. The third kappa shape index (κ3) is 3.44. The third-order valence-corrected chi connectivity index (χ3v) is 3.66. The van der Waals surface area contributed by atoms with E-state index in [1.54, 1.807) is 0 Å². The van der Waals surface area contributed by atoms with Gasteiger partial charge in [-0.25, -0.2) is 9.18 Å². The van der Waals surface area contributed by atoms with Crippen molar-refractivity contribution in [3.63, 3.8) is 0 Å². The molecule has 1 aliphatic heterocycles. The molecule has 0 bridgehead atoms. The minimum atomic E-state index is -1.02. The number of carbonyl (C=O) groups excluding carboxylic acids is 1. The number of carboxylic acid groups (broad SMARTS) is 1. The molecule has 1 aromatic carbocycles. The van der Waals surface area contributed by atoms with Crippen molar-refractivity contribution >= 4 is 23.5 Å². The first kappa shape index (κ1) is 15.6. The molecule has 114 valence electrons. The molecule has 1 aliphatic rings. The minimum Gasteiger partial charge on any atom is -0.480 e. The molecule has 0 radical (unpaired) electrons. The fraction of sp³-hybridized carbons (Fsp3) is 0.429. The summed E-state index contributed by atoms with van der Waals surface area (Å²) >= 11 is 5.83. The van der Waals surface area contributed by atoms with Gasteiger partial charge in [-0.1, -0.05) is 11.6 Å². The number of halogens is 2. The monoisotopic (exact) mass is 315 g/mol. The highest BCUT2D eigenvalue weighted by Gasteiger charge is 2.36. The maximum Gasteiger partial charge on any atom is 0.326 e. The van der Waals surface area contributed by atoms with Crippen LogP contribution in [0.25, 0.3) is 0 Å². The van der Waals surface area contributed by atoms with Crippen LogP contribution in [0.3, 0.4) is 0 Å². The van der Waals surface area contributed by atoms with Crippen molar-refractivity contribution in [1.82, 2.24) is 4.90 Å². The first-order valence-corrected chi connectivity index (χ1v) is 6.93. The van der Waals surface area contributed by atoms with E-state index in [-0.39, 0.29) is 10.8 Å². The van der Waals surface area contributed by atoms with Crippen LogP contribution in [0.15, 0.2) is 18.2 Å². The van der Waals surface area contributed by atoms with Gasteiger partial charge in [0.2, 0.25) is 0 Å². The molecule has 2 atom stereocenters. The molecule has 1 heterocycles. The van der Waals surface area contributed by atoms with Crippen molar-refractivity contribution < 1.29 is 23.8 Å². The molecule has 1 N–H and O–H groups in total. The van der Waals surface area contributed by atoms with Crippen molar-refractivity contribution in [2.75, 3.05) is 6.54 Å². The van der Waals surface area contributed by atoms with Crippen molar-refractivity contribution in [3.8, 4) is 5.75 Å². The predicted molar refractivity (Wildman–Crippen MR) is 73.9 cm³/mol. The van der Waals surface area contributed by atoms with E-state index >= 15 is 0 Å². The van der Waals surface area contributed by atoms with Crippen LogP contribution in [0.2, 0.25) is 5.02 Å². The van der Waals surface area contributed by atoms with E-state index in [1.807, 2.05) is 0 Å². The summed E-state index contributed by atoms with van der Waals surface area (Å²) in [5.41, 5.74) is 0. The fourth-order valence-corrected chi connectivity index (χ4v) is 2.54. The Labute approximate surface area is 126 Å². The number of rotatable bonds is 4. The zero-order valence-electron chi connectivity index (χ0n) is 11.4. The van der Waals surface area contributed by atoms with E-state index in [0.29, 0.717) is 19.4 Å². The fourth-order valence-electron chi connectivity index (χ4n) is 2.33. The van der Waals surface area contributed by atoms with Crippen LogP contribution in [0.5, 0.6) is 5.75 Å². The number of carbonyl (C=O) groups is 2. The number of hydrogen-bond acceptors (Lipinski definition) is 3. The summed E-state index contributed by atoms with van der Waals surface area (Å²) in [5, 5.41) is 9.14. The zero-order valence-corrected chi connectivity index (χ0v) is 12.1. The molecular weight excluding hydrogens is 301 g/mol. The number of hydrogen-bond donors (Lipinski definition) is 1. The van der Waals surface area contributed by atoms with Gasteiger partial charge >= 0.3 is 5.97 Å². The van der Waals surface area contributed by atoms with Crippen LogP contribution in [-0.2, 0) is 9.59 Å². The Bertz CT molecular complexity index is 566. The lowest BCUT2D eigenvalue weighted by Gasteiger charge is -2.25. The molecule has 2 rings (SSSR count). The van der Waals surface area contributed by atoms with Crippen LogP contribution < -0.4 is 4.74 Å². The molecule has 21 heavy (non-hydrogen) atoms. The van der Waals surface area contributed by atoms with Crippen LogP contribution >= 0.6 is 11.6 Å². The first-order valence-electron chi connectivity index (χ1n) is 6.55. The van der Waals surface area contributed by atoms with E-state index in [0.717, 1.165) is 6.07 Å². The Morgan fingerprint density at radius 2 is 2.24 bits per heavy atom. The topological polar surface area (TPSA) is 66.8 Å². The Morgan fingerprint density at radius 1 is 1.52 bits per heavy atom. The highest BCUT2D eigenvalue weighted by atomic mass is 35.5. The minimum absolute atomic E-state index is 0.0610. The van der Waals surface area contributed by atoms with Gasteiger partial charge in [-0.2, -0.15) is 0 Å². The average molecular weight is 316 g/mol. The number of carboxylic acids is 1. The number of likely N-dealkylation sites (tertiary alicyclic amines) is 1. The van der Waals surface area contributed by atoms with Gasteiger partial charge in [-0.05, 0) is 38.0 Å². The molecule has 0 aliphatic carbocycles. The van der Waals surface area contributed by atoms with E-state index < -0.39 is 29.8 Å². The van der Waals surface area contributed by atoms with Gasteiger partial charge in [-0.3, -0.25) is 4.79 Å². The normalized spacial score (nSPS) is 19.4. The lowest BCUT2D eigenvalue weighted by atomic mass is 10.2. The summed E-state index contributed by atoms with van der Waals surface area (Å²) in [6, 6.07) is 2.78. The number of benzene rings is 1. The quantitative estimate of drug-likeness (QED) is 0.926. The molecule has 5 nitrogen and oxygen atoms in total. The predicted octanol–water partition coefficient (Wildman–Crippen LogP) is 2.32. The van der Waals surface area contributed by atoms with Gasteiger partial charge in [0.1, 0.15) is 17.6 Å². The SMILES string of the molecule is C[C@H](Oc1ccc(F)cc1Cl)C(=O)N1CCC[C@@H]1C(=O)O. The van der Waals surface area contributed by atoms with E-state index in [9.17, 15) is 14.0 Å². The average Bonchev–Trinajstić information content (AvgIpc) is 2.90. The van der Waals surface area contributed by atoms with E-state index in [2.05, 4.69) is 0 Å². The Balaban J connectivity index is 2.07. The summed E-state index contributed by atoms with van der Waals surface area (Å²) in [7, 11) is 0. The van der Waals surface area contributed by atoms with Gasteiger partial charge in [-0.15, -0.1) is 0 Å². The van der Waals surface area contributed by atoms with Gasteiger partial charge in [0.15, 0.2) is 6.10 Å². The van der Waals surface area contributed by atoms with Crippen molar-refractivity contribution in [2.24, 2.45) is 0 Å². The standard InChI is InChI=1S/C14H15ClFNO4/c1-8(21-12-5-4-9(16)7-10(12)15)13(18)17-6-2-3-11(17)14(19)20/h4-5,7-8,11H,2-3,6H2,1H3,(H,19,20)/t8-,11+/m0/s1. The largest absolute Gasteiger partial charge is 0.480 e. The highest BCUT2D eigenvalue weighted by Crippen LogP contribution is 2.27. The van der Waals surface area contributed by atoms with E-state index in [1.165, 1.54) is 24.0 Å². The first-order chi connectivity index (χ1) is 9.90. The molecule has 0 aromatic heterocycles. The van der Waals surface area contributed by atoms with Gasteiger partial charge in [0, 0.05) is 6.54 Å². The van der Waals surface area contributed by atoms with Crippen LogP contribution in [0.4, 0.5) is 4.39 Å². The molecule has 1 aromatic rings. The smallest absolute Gasteiger partial charge is 0.326 e. The zero-order chi connectivity index (χ0) is 15.6. The molecule has 1 fully saturated rings. The summed E-state index contributed by atoms with van der Waals surface area (Å²) in [5.74, 6) is -1.75. The van der Waals surface area contributed by atoms with E-state index in [4.69, 9.17) is 21.4 Å². The van der Waals surface area contributed by atoms with Crippen LogP contribution in [-0.4, -0.2) is 40.6 Å². The molecular formula is C14H15ClFNO4. The highest BCUT2D eigenvalue weighted by molar-refractivity contribution is 6.32. The van der Waals surface area contributed by atoms with Gasteiger partial charge in [0.05, 0.1) is 5.02 Å². The van der Waals surface area contributed by atoms with Crippen molar-refractivity contribution in [2.45, 2.75) is 31.9 Å². The number of aliphatic carboxylic acids is 1. The lowest BCUT2D eigenvalue weighted by Crippen LogP contribution is -2.46. The number of ether oxygens (including phenoxy) is 1. The maximum atomic E-state index is 12.9. The molecule has 1 saturated heterocycles. The lowest BCUT2D eigenvalue weighted by molar-refractivity contribution is -0.150. The second-order valence-electron chi connectivity index (χ2n) is 4.86. The number of nitrogens with zero attached hydrogens (tertiary/aromatic N) is 1. The second kappa shape index (κ2) is 6.30. The molecule has 1 amide bonds. The third-order valence-electron chi connectivity index (χ3n) is 3.37. The Hall–Kier alpha value is -1.82. The Morgan fingerprint density at radius 3 is 2.86 bits per heavy atom. The van der Waals surface area contributed by atoms with Crippen molar-refractivity contribution in [1.29, 1.82) is 0 Å². The van der Waals surface area contributed by atoms with Crippen LogP contribution in [0, 0.1) is 5.82 Å². The summed E-state index contributed by atoms with van der Waals surface area (Å²) in [6.45, 7) is 1.90. The van der Waals surface area contributed by atoms with Crippen LogP contribution in [0.1, 0.15) is 19.8 Å².